The minimum Gasteiger partial charge on any atom is -0.378 e. The predicted molar refractivity (Wildman–Crippen MR) is 125 cm³/mol. The van der Waals surface area contributed by atoms with E-state index in [1.165, 1.54) is 0 Å². The van der Waals surface area contributed by atoms with Crippen LogP contribution in [0.5, 0.6) is 0 Å². The molecule has 31 heavy (non-hydrogen) atoms. The van der Waals surface area contributed by atoms with E-state index in [4.69, 9.17) is 11.6 Å². The van der Waals surface area contributed by atoms with Gasteiger partial charge in [-0.05, 0) is 42.5 Å². The van der Waals surface area contributed by atoms with E-state index in [1.54, 1.807) is 36.5 Å². The molecule has 3 N–H and O–H groups in total. The molecule has 3 aromatic rings. The van der Waals surface area contributed by atoms with Gasteiger partial charge in [0.1, 0.15) is 5.82 Å². The number of pyridine rings is 1. The Morgan fingerprint density at radius 3 is 2.55 bits per heavy atom. The Labute approximate surface area is 185 Å². The summed E-state index contributed by atoms with van der Waals surface area (Å²) in [5.74, 6) is 0.246. The van der Waals surface area contributed by atoms with Crippen LogP contribution in [0, 0.1) is 0 Å². The van der Waals surface area contributed by atoms with E-state index in [0.29, 0.717) is 34.3 Å². The quantitative estimate of drug-likeness (QED) is 0.499. The molecule has 8 heteroatoms. The van der Waals surface area contributed by atoms with Gasteiger partial charge in [0.05, 0.1) is 10.9 Å². The molecule has 2 aromatic carbocycles. The van der Waals surface area contributed by atoms with Crippen molar-refractivity contribution >= 4 is 46.3 Å². The number of nitrogens with zero attached hydrogens (tertiary/aromatic N) is 2. The second kappa shape index (κ2) is 8.65. The zero-order valence-electron chi connectivity index (χ0n) is 17.1. The summed E-state index contributed by atoms with van der Waals surface area (Å²) >= 11 is 6.05. The lowest BCUT2D eigenvalue weighted by Crippen LogP contribution is -2.20. The van der Waals surface area contributed by atoms with E-state index in [-0.39, 0.29) is 17.7 Å². The molecule has 1 aliphatic rings. The number of ketones is 1. The van der Waals surface area contributed by atoms with Crippen molar-refractivity contribution in [3.63, 3.8) is 0 Å². The first-order valence-corrected chi connectivity index (χ1v) is 10.2. The summed E-state index contributed by atoms with van der Waals surface area (Å²) in [5.41, 5.74) is 3.54. The van der Waals surface area contributed by atoms with Crippen LogP contribution in [-0.2, 0) is 0 Å². The maximum Gasteiger partial charge on any atom is 0.323 e. The molecule has 0 radical (unpaired) electrons. The average Bonchev–Trinajstić information content (AvgIpc) is 3.16. The molecule has 158 valence electrons. The third kappa shape index (κ3) is 4.62. The minimum atomic E-state index is -0.383. The van der Waals surface area contributed by atoms with Crippen LogP contribution in [0.3, 0.4) is 0 Å². The maximum atomic E-state index is 13.1. The number of Topliss-reactive ketones (excluding diaryl/α,β-unsaturated/α-hetero) is 1. The Bertz CT molecular complexity index is 1130. The van der Waals surface area contributed by atoms with Crippen molar-refractivity contribution in [1.82, 2.24) is 4.98 Å². The monoisotopic (exact) mass is 435 g/mol. The van der Waals surface area contributed by atoms with Crippen molar-refractivity contribution in [3.05, 3.63) is 76.9 Å². The van der Waals surface area contributed by atoms with Gasteiger partial charge in [0, 0.05) is 55.0 Å². The van der Waals surface area contributed by atoms with Crippen LogP contribution in [0.25, 0.3) is 0 Å². The summed E-state index contributed by atoms with van der Waals surface area (Å²) in [6.45, 7) is 0.461. The van der Waals surface area contributed by atoms with Gasteiger partial charge in [0.2, 0.25) is 0 Å². The van der Waals surface area contributed by atoms with Crippen molar-refractivity contribution in [1.29, 1.82) is 0 Å². The first-order valence-electron chi connectivity index (χ1n) is 9.79. The number of nitrogens with one attached hydrogen (secondary N) is 3. The number of urea groups is 1. The van der Waals surface area contributed by atoms with Crippen molar-refractivity contribution in [2.24, 2.45) is 0 Å². The number of carbonyl (C=O) groups is 2. The highest BCUT2D eigenvalue weighted by Gasteiger charge is 2.30. The molecular formula is C23H22ClN5O2. The van der Waals surface area contributed by atoms with Gasteiger partial charge in [-0.15, -0.1) is 0 Å². The van der Waals surface area contributed by atoms with E-state index < -0.39 is 0 Å². The van der Waals surface area contributed by atoms with Gasteiger partial charge < -0.3 is 20.9 Å². The van der Waals surface area contributed by atoms with Crippen LogP contribution >= 0.6 is 11.6 Å². The average molecular weight is 436 g/mol. The molecule has 1 atom stereocenters. The lowest BCUT2D eigenvalue weighted by Gasteiger charge is -2.14. The molecule has 0 spiro atoms. The van der Waals surface area contributed by atoms with Crippen LogP contribution < -0.4 is 20.9 Å². The van der Waals surface area contributed by atoms with Gasteiger partial charge in [-0.2, -0.15) is 0 Å². The lowest BCUT2D eigenvalue weighted by molar-refractivity contribution is 0.0966. The highest BCUT2D eigenvalue weighted by molar-refractivity contribution is 6.30. The predicted octanol–water partition coefficient (Wildman–Crippen LogP) is 4.84. The molecule has 0 bridgehead atoms. The Morgan fingerprint density at radius 1 is 1.06 bits per heavy atom. The molecule has 0 aliphatic carbocycles. The molecule has 0 saturated heterocycles. The van der Waals surface area contributed by atoms with Gasteiger partial charge >= 0.3 is 6.03 Å². The molecular weight excluding hydrogens is 414 g/mol. The number of carbonyl (C=O) groups excluding carboxylic acids is 2. The van der Waals surface area contributed by atoms with Crippen molar-refractivity contribution in [3.8, 4) is 0 Å². The second-order valence-electron chi connectivity index (χ2n) is 7.49. The third-order valence-electron chi connectivity index (χ3n) is 5.10. The van der Waals surface area contributed by atoms with E-state index in [9.17, 15) is 9.59 Å². The number of rotatable bonds is 5. The molecule has 0 fully saturated rings. The number of hydrogen-bond donors (Lipinski definition) is 3. The van der Waals surface area contributed by atoms with Crippen molar-refractivity contribution in [2.45, 2.75) is 5.92 Å². The van der Waals surface area contributed by atoms with Gasteiger partial charge in [-0.1, -0.05) is 23.7 Å². The summed E-state index contributed by atoms with van der Waals surface area (Å²) in [7, 11) is 3.91. The fraction of sp³-hybridized carbons (Fsp3) is 0.174. The van der Waals surface area contributed by atoms with Gasteiger partial charge in [-0.25, -0.2) is 9.78 Å². The Balaban J connectivity index is 1.44. The van der Waals surface area contributed by atoms with Crippen molar-refractivity contribution < 1.29 is 9.59 Å². The molecule has 1 aliphatic heterocycles. The topological polar surface area (TPSA) is 86.4 Å². The number of hydrogen-bond acceptors (Lipinski definition) is 5. The number of fused-ring (bicyclic) bond motifs is 1. The highest BCUT2D eigenvalue weighted by atomic mass is 35.5. The van der Waals surface area contributed by atoms with E-state index in [1.807, 2.05) is 43.3 Å². The fourth-order valence-electron chi connectivity index (χ4n) is 3.50. The molecule has 1 aromatic heterocycles. The molecule has 7 nitrogen and oxygen atoms in total. The lowest BCUT2D eigenvalue weighted by atomic mass is 9.93. The van der Waals surface area contributed by atoms with Crippen LogP contribution in [0.4, 0.5) is 27.7 Å². The molecule has 0 saturated carbocycles. The Morgan fingerprint density at radius 2 is 1.81 bits per heavy atom. The number of aromatic nitrogens is 1. The van der Waals surface area contributed by atoms with Crippen LogP contribution in [-0.4, -0.2) is 37.4 Å². The van der Waals surface area contributed by atoms with E-state index in [0.717, 1.165) is 11.3 Å². The summed E-state index contributed by atoms with van der Waals surface area (Å²) in [6, 6.07) is 15.8. The number of halogens is 1. The van der Waals surface area contributed by atoms with Gasteiger partial charge in [-0.3, -0.25) is 4.79 Å². The SMILES string of the molecule is CN(C)c1ccc(NC(=O)Nc2cccc(C(=O)C3CNc4ncc(Cl)cc43)c2)cc1. The summed E-state index contributed by atoms with van der Waals surface area (Å²) < 4.78 is 0. The maximum absolute atomic E-state index is 13.1. The number of benzene rings is 2. The van der Waals surface area contributed by atoms with Crippen LogP contribution in [0.1, 0.15) is 21.8 Å². The summed E-state index contributed by atoms with van der Waals surface area (Å²) in [6.07, 6.45) is 1.55. The standard InChI is InChI=1S/C23H22ClN5O2/c1-29(2)18-8-6-16(7-9-18)27-23(31)28-17-5-3-4-14(10-17)21(30)20-13-26-22-19(20)11-15(24)12-25-22/h3-12,20H,13H2,1-2H3,(H,25,26)(H2,27,28,31). The van der Waals surface area contributed by atoms with Gasteiger partial charge in [0.25, 0.3) is 0 Å². The molecule has 1 unspecified atom stereocenters. The van der Waals surface area contributed by atoms with E-state index in [2.05, 4.69) is 20.9 Å². The fourth-order valence-corrected chi connectivity index (χ4v) is 3.66. The summed E-state index contributed by atoms with van der Waals surface area (Å²) in [5, 5.41) is 9.20. The molecule has 4 rings (SSSR count). The highest BCUT2D eigenvalue weighted by Crippen LogP contribution is 2.34. The second-order valence-corrected chi connectivity index (χ2v) is 7.93. The number of amides is 2. The van der Waals surface area contributed by atoms with E-state index >= 15 is 0 Å². The zero-order chi connectivity index (χ0) is 22.0. The molecule has 2 amide bonds. The number of anilines is 4. The van der Waals surface area contributed by atoms with Crippen LogP contribution in [0.2, 0.25) is 5.02 Å². The Kier molecular flexibility index (Phi) is 5.77. The first-order chi connectivity index (χ1) is 14.9. The van der Waals surface area contributed by atoms with Gasteiger partial charge in [0.15, 0.2) is 5.78 Å². The molecule has 2 heterocycles. The Hall–Kier alpha value is -3.58. The normalized spacial score (nSPS) is 14.4. The minimum absolute atomic E-state index is 0.0568. The van der Waals surface area contributed by atoms with Crippen LogP contribution in [0.15, 0.2) is 60.8 Å². The van der Waals surface area contributed by atoms with Crippen molar-refractivity contribution in [2.75, 3.05) is 41.5 Å². The summed E-state index contributed by atoms with van der Waals surface area (Å²) in [4.78, 5) is 31.7. The zero-order valence-corrected chi connectivity index (χ0v) is 17.9. The third-order valence-corrected chi connectivity index (χ3v) is 5.30. The largest absolute Gasteiger partial charge is 0.378 e. The smallest absolute Gasteiger partial charge is 0.323 e. The first kappa shape index (κ1) is 20.7.